The van der Waals surface area contributed by atoms with E-state index in [-0.39, 0.29) is 12.1 Å². The van der Waals surface area contributed by atoms with E-state index < -0.39 is 0 Å². The third-order valence-corrected chi connectivity index (χ3v) is 3.50. The average Bonchev–Trinajstić information content (AvgIpc) is 2.47. The van der Waals surface area contributed by atoms with Gasteiger partial charge in [0.2, 0.25) is 0 Å². The minimum atomic E-state index is -0.0931. The molecule has 0 saturated heterocycles. The SMILES string of the molecule is COc1ccc(NC(=O)N2CC=C(C)CC2)cc1OC(C)C. The Bertz CT molecular complexity index is 567. The molecule has 0 atom stereocenters. The van der Waals surface area contributed by atoms with Crippen LogP contribution in [-0.2, 0) is 0 Å². The molecule has 2 amide bonds. The highest BCUT2D eigenvalue weighted by molar-refractivity contribution is 5.90. The second kappa shape index (κ2) is 7.20. The van der Waals surface area contributed by atoms with Crippen LogP contribution in [0.1, 0.15) is 27.2 Å². The van der Waals surface area contributed by atoms with Gasteiger partial charge in [-0.3, -0.25) is 0 Å². The molecule has 0 saturated carbocycles. The van der Waals surface area contributed by atoms with Crippen LogP contribution in [0.25, 0.3) is 0 Å². The van der Waals surface area contributed by atoms with E-state index in [0.717, 1.165) is 13.0 Å². The van der Waals surface area contributed by atoms with Crippen molar-refractivity contribution >= 4 is 11.7 Å². The van der Waals surface area contributed by atoms with E-state index in [1.54, 1.807) is 24.1 Å². The van der Waals surface area contributed by atoms with Gasteiger partial charge in [0.25, 0.3) is 0 Å². The first-order valence-corrected chi connectivity index (χ1v) is 7.56. The molecule has 0 aromatic heterocycles. The van der Waals surface area contributed by atoms with Gasteiger partial charge in [-0.15, -0.1) is 0 Å². The van der Waals surface area contributed by atoms with Crippen LogP contribution in [0.15, 0.2) is 29.8 Å². The van der Waals surface area contributed by atoms with E-state index >= 15 is 0 Å². The van der Waals surface area contributed by atoms with Crippen LogP contribution in [0.4, 0.5) is 10.5 Å². The Morgan fingerprint density at radius 3 is 2.68 bits per heavy atom. The first kappa shape index (κ1) is 16.2. The van der Waals surface area contributed by atoms with Crippen LogP contribution in [0.2, 0.25) is 0 Å². The van der Waals surface area contributed by atoms with E-state index in [1.807, 2.05) is 19.9 Å². The lowest BCUT2D eigenvalue weighted by atomic mass is 10.1. The average molecular weight is 304 g/mol. The van der Waals surface area contributed by atoms with Crippen molar-refractivity contribution in [3.05, 3.63) is 29.8 Å². The Balaban J connectivity index is 2.07. The predicted molar refractivity (Wildman–Crippen MR) is 87.7 cm³/mol. The molecule has 1 N–H and O–H groups in total. The number of urea groups is 1. The van der Waals surface area contributed by atoms with Gasteiger partial charge in [0, 0.05) is 24.8 Å². The van der Waals surface area contributed by atoms with Gasteiger partial charge in [-0.05, 0) is 39.3 Å². The molecule has 120 valence electrons. The van der Waals surface area contributed by atoms with Gasteiger partial charge in [0.05, 0.1) is 13.2 Å². The number of amides is 2. The Kier molecular flexibility index (Phi) is 5.31. The highest BCUT2D eigenvalue weighted by Gasteiger charge is 2.16. The van der Waals surface area contributed by atoms with Gasteiger partial charge in [0.1, 0.15) is 0 Å². The summed E-state index contributed by atoms with van der Waals surface area (Å²) in [6.07, 6.45) is 3.05. The van der Waals surface area contributed by atoms with Gasteiger partial charge in [-0.1, -0.05) is 11.6 Å². The van der Waals surface area contributed by atoms with Gasteiger partial charge in [0.15, 0.2) is 11.5 Å². The Morgan fingerprint density at radius 1 is 1.32 bits per heavy atom. The molecule has 1 aromatic carbocycles. The minimum Gasteiger partial charge on any atom is -0.493 e. The van der Waals surface area contributed by atoms with E-state index in [2.05, 4.69) is 18.3 Å². The molecule has 1 heterocycles. The first-order valence-electron chi connectivity index (χ1n) is 7.56. The summed E-state index contributed by atoms with van der Waals surface area (Å²) in [5, 5.41) is 2.91. The summed E-state index contributed by atoms with van der Waals surface area (Å²) in [7, 11) is 1.60. The molecule has 1 aromatic rings. The number of nitrogens with one attached hydrogen (secondary N) is 1. The zero-order valence-electron chi connectivity index (χ0n) is 13.7. The molecule has 0 spiro atoms. The van der Waals surface area contributed by atoms with E-state index in [0.29, 0.717) is 23.7 Å². The number of nitrogens with zero attached hydrogens (tertiary/aromatic N) is 1. The standard InChI is InChI=1S/C17H24N2O3/c1-12(2)22-16-11-14(5-6-15(16)21-4)18-17(20)19-9-7-13(3)8-10-19/h5-7,11-12H,8-10H2,1-4H3,(H,18,20). The van der Waals surface area contributed by atoms with Crippen LogP contribution in [0.5, 0.6) is 11.5 Å². The Hall–Kier alpha value is -2.17. The normalized spacial score (nSPS) is 14.6. The summed E-state index contributed by atoms with van der Waals surface area (Å²) in [4.78, 5) is 14.1. The number of hydrogen-bond donors (Lipinski definition) is 1. The van der Waals surface area contributed by atoms with Gasteiger partial charge >= 0.3 is 6.03 Å². The van der Waals surface area contributed by atoms with Gasteiger partial charge < -0.3 is 19.7 Å². The van der Waals surface area contributed by atoms with Crippen LogP contribution in [-0.4, -0.2) is 37.2 Å². The summed E-state index contributed by atoms with van der Waals surface area (Å²) in [5.74, 6) is 1.29. The fourth-order valence-corrected chi connectivity index (χ4v) is 2.26. The highest BCUT2D eigenvalue weighted by Crippen LogP contribution is 2.31. The van der Waals surface area contributed by atoms with Crippen LogP contribution >= 0.6 is 0 Å². The molecular weight excluding hydrogens is 280 g/mol. The Labute approximate surface area is 131 Å². The Morgan fingerprint density at radius 2 is 2.09 bits per heavy atom. The molecule has 1 aliphatic heterocycles. The number of ether oxygens (including phenoxy) is 2. The maximum atomic E-state index is 12.3. The second-order valence-corrected chi connectivity index (χ2v) is 5.71. The smallest absolute Gasteiger partial charge is 0.322 e. The number of benzene rings is 1. The molecule has 0 fully saturated rings. The van der Waals surface area contributed by atoms with Crippen molar-refractivity contribution in [2.24, 2.45) is 0 Å². The lowest BCUT2D eigenvalue weighted by Crippen LogP contribution is -2.37. The largest absolute Gasteiger partial charge is 0.493 e. The number of hydrogen-bond acceptors (Lipinski definition) is 3. The molecule has 0 bridgehead atoms. The van der Waals surface area contributed by atoms with Gasteiger partial charge in [-0.2, -0.15) is 0 Å². The van der Waals surface area contributed by atoms with E-state index in [1.165, 1.54) is 5.57 Å². The third-order valence-electron chi connectivity index (χ3n) is 3.50. The van der Waals surface area contributed by atoms with Crippen molar-refractivity contribution in [3.8, 4) is 11.5 Å². The minimum absolute atomic E-state index is 0.0371. The van der Waals surface area contributed by atoms with Crippen molar-refractivity contribution in [1.82, 2.24) is 4.90 Å². The fraction of sp³-hybridized carbons (Fsp3) is 0.471. The molecule has 22 heavy (non-hydrogen) atoms. The molecule has 0 radical (unpaired) electrons. The summed E-state index contributed by atoms with van der Waals surface area (Å²) in [5.41, 5.74) is 2.04. The maximum Gasteiger partial charge on any atom is 0.322 e. The lowest BCUT2D eigenvalue weighted by molar-refractivity contribution is 0.215. The van der Waals surface area contributed by atoms with Crippen LogP contribution in [0, 0.1) is 0 Å². The van der Waals surface area contributed by atoms with E-state index in [9.17, 15) is 4.79 Å². The van der Waals surface area contributed by atoms with Crippen molar-refractivity contribution < 1.29 is 14.3 Å². The maximum absolute atomic E-state index is 12.3. The van der Waals surface area contributed by atoms with Crippen LogP contribution in [0.3, 0.4) is 0 Å². The summed E-state index contributed by atoms with van der Waals surface area (Å²) in [6.45, 7) is 7.40. The van der Waals surface area contributed by atoms with Gasteiger partial charge in [-0.25, -0.2) is 4.79 Å². The molecular formula is C17H24N2O3. The first-order chi connectivity index (χ1) is 10.5. The summed E-state index contributed by atoms with van der Waals surface area (Å²) >= 11 is 0. The number of carbonyl (C=O) groups is 1. The van der Waals surface area contributed by atoms with Crippen molar-refractivity contribution in [2.75, 3.05) is 25.5 Å². The molecule has 2 rings (SSSR count). The monoisotopic (exact) mass is 304 g/mol. The zero-order chi connectivity index (χ0) is 16.1. The number of methoxy groups -OCH3 is 1. The topological polar surface area (TPSA) is 50.8 Å². The quantitative estimate of drug-likeness (QED) is 0.864. The third kappa shape index (κ3) is 4.16. The summed E-state index contributed by atoms with van der Waals surface area (Å²) < 4.78 is 11.0. The molecule has 0 unspecified atom stereocenters. The molecule has 0 aliphatic carbocycles. The predicted octanol–water partition coefficient (Wildman–Crippen LogP) is 3.67. The number of rotatable bonds is 4. The molecule has 1 aliphatic rings. The van der Waals surface area contributed by atoms with Crippen LogP contribution < -0.4 is 14.8 Å². The highest BCUT2D eigenvalue weighted by atomic mass is 16.5. The number of carbonyl (C=O) groups excluding carboxylic acids is 1. The fourth-order valence-electron chi connectivity index (χ4n) is 2.26. The number of anilines is 1. The van der Waals surface area contributed by atoms with Crippen molar-refractivity contribution in [1.29, 1.82) is 0 Å². The van der Waals surface area contributed by atoms with Crippen molar-refractivity contribution in [3.63, 3.8) is 0 Å². The molecule has 5 heteroatoms. The second-order valence-electron chi connectivity index (χ2n) is 5.71. The lowest BCUT2D eigenvalue weighted by Gasteiger charge is -2.25. The van der Waals surface area contributed by atoms with Crippen molar-refractivity contribution in [2.45, 2.75) is 33.3 Å². The zero-order valence-corrected chi connectivity index (χ0v) is 13.7. The van der Waals surface area contributed by atoms with E-state index in [4.69, 9.17) is 9.47 Å². The molecule has 5 nitrogen and oxygen atoms in total. The summed E-state index contributed by atoms with van der Waals surface area (Å²) in [6, 6.07) is 5.31.